The highest BCUT2D eigenvalue weighted by Gasteiger charge is 2.25. The second kappa shape index (κ2) is 5.29. The zero-order valence-electron chi connectivity index (χ0n) is 9.19. The zero-order valence-corrected chi connectivity index (χ0v) is 9.19. The predicted octanol–water partition coefficient (Wildman–Crippen LogP) is 1.76. The summed E-state index contributed by atoms with van der Waals surface area (Å²) in [5, 5.41) is 0. The third-order valence-electron chi connectivity index (χ3n) is 3.15. The largest absolute Gasteiger partial charge is 0.367 e. The SMILES string of the molecule is [NH3+][C@H]1CCCC[C@@H]1OCc1ccccc1. The number of benzene rings is 1. The van der Waals surface area contributed by atoms with Gasteiger partial charge >= 0.3 is 0 Å². The molecule has 0 heterocycles. The van der Waals surface area contributed by atoms with E-state index in [0.29, 0.717) is 12.1 Å². The molecule has 0 aliphatic heterocycles. The van der Waals surface area contributed by atoms with Crippen molar-refractivity contribution >= 4 is 0 Å². The van der Waals surface area contributed by atoms with Crippen molar-refractivity contribution in [3.63, 3.8) is 0 Å². The fourth-order valence-corrected chi connectivity index (χ4v) is 2.17. The summed E-state index contributed by atoms with van der Waals surface area (Å²) < 4.78 is 5.92. The van der Waals surface area contributed by atoms with Crippen LogP contribution in [-0.2, 0) is 11.3 Å². The van der Waals surface area contributed by atoms with Crippen LogP contribution in [0, 0.1) is 0 Å². The molecule has 1 aliphatic rings. The highest BCUT2D eigenvalue weighted by molar-refractivity contribution is 5.13. The van der Waals surface area contributed by atoms with Gasteiger partial charge in [0.25, 0.3) is 0 Å². The molecule has 0 saturated heterocycles. The summed E-state index contributed by atoms with van der Waals surface area (Å²) in [4.78, 5) is 0. The Morgan fingerprint density at radius 2 is 1.87 bits per heavy atom. The van der Waals surface area contributed by atoms with Crippen LogP contribution in [0.4, 0.5) is 0 Å². The molecular weight excluding hydrogens is 186 g/mol. The summed E-state index contributed by atoms with van der Waals surface area (Å²) in [6, 6.07) is 10.9. The van der Waals surface area contributed by atoms with Crippen LogP contribution in [0.2, 0.25) is 0 Å². The molecule has 2 atom stereocenters. The first-order chi connectivity index (χ1) is 7.36. The van der Waals surface area contributed by atoms with Gasteiger partial charge in [0.1, 0.15) is 12.1 Å². The van der Waals surface area contributed by atoms with Crippen LogP contribution >= 0.6 is 0 Å². The lowest BCUT2D eigenvalue weighted by molar-refractivity contribution is -0.445. The lowest BCUT2D eigenvalue weighted by Gasteiger charge is -2.25. The average Bonchev–Trinajstić information content (AvgIpc) is 2.29. The number of ether oxygens (including phenoxy) is 1. The van der Waals surface area contributed by atoms with Gasteiger partial charge in [0.2, 0.25) is 0 Å². The quantitative estimate of drug-likeness (QED) is 0.803. The minimum absolute atomic E-state index is 0.374. The average molecular weight is 206 g/mol. The van der Waals surface area contributed by atoms with Gasteiger partial charge in [-0.3, -0.25) is 0 Å². The maximum absolute atomic E-state index is 5.92. The number of rotatable bonds is 3. The van der Waals surface area contributed by atoms with Crippen molar-refractivity contribution in [2.75, 3.05) is 0 Å². The van der Waals surface area contributed by atoms with Crippen molar-refractivity contribution in [2.24, 2.45) is 0 Å². The van der Waals surface area contributed by atoms with Crippen molar-refractivity contribution in [1.82, 2.24) is 0 Å². The van der Waals surface area contributed by atoms with Crippen LogP contribution in [-0.4, -0.2) is 12.1 Å². The molecule has 3 N–H and O–H groups in total. The maximum atomic E-state index is 5.92. The fourth-order valence-electron chi connectivity index (χ4n) is 2.17. The Labute approximate surface area is 91.4 Å². The first-order valence-electron chi connectivity index (χ1n) is 5.85. The molecule has 0 amide bonds. The Hall–Kier alpha value is -0.860. The highest BCUT2D eigenvalue weighted by Crippen LogP contribution is 2.19. The van der Waals surface area contributed by atoms with Crippen LogP contribution < -0.4 is 5.73 Å². The molecule has 0 unspecified atom stereocenters. The third-order valence-corrected chi connectivity index (χ3v) is 3.15. The van der Waals surface area contributed by atoms with E-state index in [4.69, 9.17) is 4.74 Å². The van der Waals surface area contributed by atoms with Crippen LogP contribution in [0.1, 0.15) is 31.2 Å². The Balaban J connectivity index is 1.82. The maximum Gasteiger partial charge on any atom is 0.111 e. The van der Waals surface area contributed by atoms with E-state index in [9.17, 15) is 0 Å². The molecule has 1 aromatic carbocycles. The fraction of sp³-hybridized carbons (Fsp3) is 0.538. The molecule has 1 aromatic rings. The summed E-state index contributed by atoms with van der Waals surface area (Å²) >= 11 is 0. The summed E-state index contributed by atoms with van der Waals surface area (Å²) in [5.74, 6) is 0. The minimum Gasteiger partial charge on any atom is -0.367 e. The Morgan fingerprint density at radius 1 is 1.13 bits per heavy atom. The van der Waals surface area contributed by atoms with Gasteiger partial charge in [0.15, 0.2) is 0 Å². The molecule has 2 rings (SSSR count). The van der Waals surface area contributed by atoms with Gasteiger partial charge in [0.05, 0.1) is 6.61 Å². The number of hydrogen-bond acceptors (Lipinski definition) is 1. The van der Waals surface area contributed by atoms with E-state index >= 15 is 0 Å². The molecule has 0 bridgehead atoms. The van der Waals surface area contributed by atoms with E-state index in [1.54, 1.807) is 0 Å². The monoisotopic (exact) mass is 206 g/mol. The zero-order chi connectivity index (χ0) is 10.5. The summed E-state index contributed by atoms with van der Waals surface area (Å²) in [5.41, 5.74) is 5.43. The van der Waals surface area contributed by atoms with Crippen molar-refractivity contribution < 1.29 is 10.5 Å². The lowest BCUT2D eigenvalue weighted by atomic mass is 9.93. The Bertz CT molecular complexity index is 286. The van der Waals surface area contributed by atoms with Crippen molar-refractivity contribution in [1.29, 1.82) is 0 Å². The van der Waals surface area contributed by atoms with E-state index in [2.05, 4.69) is 30.0 Å². The van der Waals surface area contributed by atoms with Crippen LogP contribution in [0.25, 0.3) is 0 Å². The molecule has 0 radical (unpaired) electrons. The van der Waals surface area contributed by atoms with Crippen molar-refractivity contribution in [2.45, 2.75) is 44.4 Å². The smallest absolute Gasteiger partial charge is 0.111 e. The minimum atomic E-state index is 0.374. The molecular formula is C13H20NO+. The van der Waals surface area contributed by atoms with E-state index in [0.717, 1.165) is 6.61 Å². The van der Waals surface area contributed by atoms with Gasteiger partial charge in [-0.05, 0) is 18.4 Å². The van der Waals surface area contributed by atoms with E-state index < -0.39 is 0 Å². The van der Waals surface area contributed by atoms with Crippen molar-refractivity contribution in [3.05, 3.63) is 35.9 Å². The Morgan fingerprint density at radius 3 is 2.60 bits per heavy atom. The van der Waals surface area contributed by atoms with E-state index in [1.165, 1.54) is 31.2 Å². The molecule has 15 heavy (non-hydrogen) atoms. The number of quaternary nitrogens is 1. The highest BCUT2D eigenvalue weighted by atomic mass is 16.5. The summed E-state index contributed by atoms with van der Waals surface area (Å²) in [6.45, 7) is 0.734. The Kier molecular flexibility index (Phi) is 3.75. The van der Waals surface area contributed by atoms with Gasteiger partial charge < -0.3 is 10.5 Å². The molecule has 2 heteroatoms. The summed E-state index contributed by atoms with van der Waals surface area (Å²) in [7, 11) is 0. The van der Waals surface area contributed by atoms with E-state index in [-0.39, 0.29) is 0 Å². The van der Waals surface area contributed by atoms with Gasteiger partial charge in [-0.15, -0.1) is 0 Å². The predicted molar refractivity (Wildman–Crippen MR) is 60.2 cm³/mol. The van der Waals surface area contributed by atoms with Crippen molar-refractivity contribution in [3.8, 4) is 0 Å². The molecule has 0 aromatic heterocycles. The molecule has 1 aliphatic carbocycles. The van der Waals surface area contributed by atoms with Gasteiger partial charge in [-0.1, -0.05) is 36.8 Å². The van der Waals surface area contributed by atoms with Crippen LogP contribution in [0.3, 0.4) is 0 Å². The standard InChI is InChI=1S/C13H19NO/c14-12-8-4-5-9-13(12)15-10-11-6-2-1-3-7-11/h1-3,6-7,12-13H,4-5,8-10,14H2/p+1/t12-,13-/m0/s1. The van der Waals surface area contributed by atoms with Gasteiger partial charge in [-0.2, -0.15) is 0 Å². The summed E-state index contributed by atoms with van der Waals surface area (Å²) in [6.07, 6.45) is 5.39. The normalized spacial score (nSPS) is 26.5. The van der Waals surface area contributed by atoms with E-state index in [1.807, 2.05) is 6.07 Å². The lowest BCUT2D eigenvalue weighted by Crippen LogP contribution is -2.67. The second-order valence-electron chi connectivity index (χ2n) is 4.38. The first kappa shape index (κ1) is 10.7. The second-order valence-corrected chi connectivity index (χ2v) is 4.38. The molecule has 1 fully saturated rings. The topological polar surface area (TPSA) is 36.9 Å². The van der Waals surface area contributed by atoms with Gasteiger partial charge in [0, 0.05) is 6.42 Å². The third kappa shape index (κ3) is 3.05. The number of hydrogen-bond donors (Lipinski definition) is 1. The first-order valence-corrected chi connectivity index (χ1v) is 5.85. The molecule has 0 spiro atoms. The molecule has 1 saturated carbocycles. The molecule has 82 valence electrons. The van der Waals surface area contributed by atoms with Gasteiger partial charge in [-0.25, -0.2) is 0 Å². The van der Waals surface area contributed by atoms with Crippen LogP contribution in [0.15, 0.2) is 30.3 Å². The molecule has 2 nitrogen and oxygen atoms in total. The van der Waals surface area contributed by atoms with Crippen LogP contribution in [0.5, 0.6) is 0 Å².